The Hall–Kier alpha value is -2.04. The second kappa shape index (κ2) is 5.89. The lowest BCUT2D eigenvalue weighted by atomic mass is 10.1. The fraction of sp³-hybridized carbons (Fsp3) is 0.333. The zero-order valence-corrected chi connectivity index (χ0v) is 9.51. The van der Waals surface area contributed by atoms with Gasteiger partial charge in [0.25, 0.3) is 0 Å². The molecular formula is C12H15NO4. The molecule has 0 aromatic heterocycles. The topological polar surface area (TPSA) is 86.6 Å². The molecule has 0 aliphatic rings. The van der Waals surface area contributed by atoms with E-state index in [1.807, 2.05) is 6.92 Å². The van der Waals surface area contributed by atoms with Gasteiger partial charge >= 0.3 is 11.9 Å². The highest BCUT2D eigenvalue weighted by Gasteiger charge is 2.11. The van der Waals surface area contributed by atoms with Gasteiger partial charge in [-0.3, -0.25) is 4.79 Å². The minimum absolute atomic E-state index is 0.0589. The van der Waals surface area contributed by atoms with Gasteiger partial charge in [-0.25, -0.2) is 4.79 Å². The zero-order valence-electron chi connectivity index (χ0n) is 9.51. The van der Waals surface area contributed by atoms with E-state index in [0.29, 0.717) is 12.1 Å². The number of rotatable bonds is 6. The molecule has 0 saturated carbocycles. The van der Waals surface area contributed by atoms with E-state index in [0.717, 1.165) is 0 Å². The maximum absolute atomic E-state index is 10.9. The van der Waals surface area contributed by atoms with Crippen LogP contribution in [-0.4, -0.2) is 28.2 Å². The van der Waals surface area contributed by atoms with Gasteiger partial charge in [0.2, 0.25) is 0 Å². The lowest BCUT2D eigenvalue weighted by molar-refractivity contribution is -0.137. The first-order valence-electron chi connectivity index (χ1n) is 5.31. The zero-order chi connectivity index (χ0) is 12.8. The molecule has 1 atom stereocenters. The number of carboxylic acids is 2. The summed E-state index contributed by atoms with van der Waals surface area (Å²) in [5.74, 6) is -1.86. The van der Waals surface area contributed by atoms with Gasteiger partial charge in [0, 0.05) is 18.2 Å². The maximum atomic E-state index is 10.9. The van der Waals surface area contributed by atoms with Crippen molar-refractivity contribution < 1.29 is 19.8 Å². The summed E-state index contributed by atoms with van der Waals surface area (Å²) in [6, 6.07) is 6.47. The molecule has 1 aromatic rings. The van der Waals surface area contributed by atoms with Gasteiger partial charge in [0.1, 0.15) is 0 Å². The van der Waals surface area contributed by atoms with E-state index in [9.17, 15) is 9.59 Å². The van der Waals surface area contributed by atoms with Crippen LogP contribution in [0.1, 0.15) is 30.1 Å². The largest absolute Gasteiger partial charge is 0.481 e. The van der Waals surface area contributed by atoms with Gasteiger partial charge in [-0.1, -0.05) is 12.1 Å². The summed E-state index contributed by atoms with van der Waals surface area (Å²) in [6.07, 6.45) is 0.507. The lowest BCUT2D eigenvalue weighted by Gasteiger charge is -2.15. The molecule has 0 aliphatic carbocycles. The number of carbonyl (C=O) groups is 2. The normalized spacial score (nSPS) is 11.8. The Morgan fingerprint density at radius 3 is 2.53 bits per heavy atom. The van der Waals surface area contributed by atoms with Crippen LogP contribution in [0.25, 0.3) is 0 Å². The number of aromatic carboxylic acids is 1. The van der Waals surface area contributed by atoms with Crippen molar-refractivity contribution in [2.45, 2.75) is 25.8 Å². The molecule has 0 radical (unpaired) electrons. The van der Waals surface area contributed by atoms with E-state index >= 15 is 0 Å². The number of benzene rings is 1. The molecule has 5 heteroatoms. The first kappa shape index (κ1) is 13.0. The van der Waals surface area contributed by atoms with Crippen molar-refractivity contribution in [3.63, 3.8) is 0 Å². The van der Waals surface area contributed by atoms with Crippen molar-refractivity contribution in [1.29, 1.82) is 0 Å². The summed E-state index contributed by atoms with van der Waals surface area (Å²) in [5, 5.41) is 20.5. The highest BCUT2D eigenvalue weighted by molar-refractivity contribution is 5.94. The molecule has 0 amide bonds. The molecule has 0 spiro atoms. The number of anilines is 1. The summed E-state index contributed by atoms with van der Waals surface area (Å²) in [6.45, 7) is 1.82. The van der Waals surface area contributed by atoms with Crippen molar-refractivity contribution in [2.75, 3.05) is 5.32 Å². The highest BCUT2D eigenvalue weighted by atomic mass is 16.4. The molecule has 0 heterocycles. The van der Waals surface area contributed by atoms with Crippen LogP contribution in [0.4, 0.5) is 5.69 Å². The molecule has 5 nitrogen and oxygen atoms in total. The monoisotopic (exact) mass is 237 g/mol. The first-order chi connectivity index (χ1) is 8.00. The van der Waals surface area contributed by atoms with E-state index in [1.54, 1.807) is 18.2 Å². The van der Waals surface area contributed by atoms with Crippen LogP contribution in [0.15, 0.2) is 24.3 Å². The van der Waals surface area contributed by atoms with Gasteiger partial charge in [-0.05, 0) is 25.5 Å². The lowest BCUT2D eigenvalue weighted by Crippen LogP contribution is -2.18. The standard InChI is InChI=1S/C12H15NO4/c1-8(6-7-11(14)15)13-10-5-3-2-4-9(10)12(16)17/h2-5,8,13H,6-7H2,1H3,(H,14,15)(H,16,17). The fourth-order valence-corrected chi connectivity index (χ4v) is 1.47. The van der Waals surface area contributed by atoms with E-state index < -0.39 is 11.9 Å². The third kappa shape index (κ3) is 4.14. The number of carboxylic acid groups (broad SMARTS) is 2. The molecule has 1 rings (SSSR count). The van der Waals surface area contributed by atoms with E-state index in [-0.39, 0.29) is 18.0 Å². The van der Waals surface area contributed by atoms with Crippen LogP contribution < -0.4 is 5.32 Å². The molecule has 17 heavy (non-hydrogen) atoms. The Morgan fingerprint density at radius 2 is 1.94 bits per heavy atom. The molecular weight excluding hydrogens is 222 g/mol. The average molecular weight is 237 g/mol. The Bertz CT molecular complexity index is 417. The van der Waals surface area contributed by atoms with Crippen LogP contribution in [0.2, 0.25) is 0 Å². The molecule has 1 aromatic carbocycles. The molecule has 92 valence electrons. The van der Waals surface area contributed by atoms with Crippen molar-refractivity contribution in [3.8, 4) is 0 Å². The molecule has 3 N–H and O–H groups in total. The summed E-state index contributed by atoms with van der Waals surface area (Å²) in [7, 11) is 0. The first-order valence-corrected chi connectivity index (χ1v) is 5.31. The van der Waals surface area contributed by atoms with Crippen LogP contribution in [0, 0.1) is 0 Å². The van der Waals surface area contributed by atoms with Crippen molar-refractivity contribution in [2.24, 2.45) is 0 Å². The summed E-state index contributed by atoms with van der Waals surface area (Å²) >= 11 is 0. The molecule has 0 aliphatic heterocycles. The van der Waals surface area contributed by atoms with Crippen LogP contribution in [-0.2, 0) is 4.79 Å². The number of nitrogens with one attached hydrogen (secondary N) is 1. The number of aliphatic carboxylic acids is 1. The van der Waals surface area contributed by atoms with Crippen LogP contribution >= 0.6 is 0 Å². The quantitative estimate of drug-likeness (QED) is 0.704. The second-order valence-electron chi connectivity index (χ2n) is 3.83. The Balaban J connectivity index is 2.67. The predicted molar refractivity (Wildman–Crippen MR) is 63.4 cm³/mol. The minimum atomic E-state index is -1.00. The number of hydrogen-bond acceptors (Lipinski definition) is 3. The summed E-state index contributed by atoms with van der Waals surface area (Å²) in [5.41, 5.74) is 0.701. The second-order valence-corrected chi connectivity index (χ2v) is 3.83. The maximum Gasteiger partial charge on any atom is 0.337 e. The van der Waals surface area contributed by atoms with Gasteiger partial charge < -0.3 is 15.5 Å². The minimum Gasteiger partial charge on any atom is -0.481 e. The van der Waals surface area contributed by atoms with E-state index in [2.05, 4.69) is 5.32 Å². The summed E-state index contributed by atoms with van der Waals surface area (Å²) in [4.78, 5) is 21.3. The van der Waals surface area contributed by atoms with Gasteiger partial charge in [0.05, 0.1) is 5.56 Å². The number of para-hydroxylation sites is 1. The van der Waals surface area contributed by atoms with Crippen LogP contribution in [0.3, 0.4) is 0 Å². The van der Waals surface area contributed by atoms with E-state index in [1.165, 1.54) is 6.07 Å². The predicted octanol–water partition coefficient (Wildman–Crippen LogP) is 2.05. The SMILES string of the molecule is CC(CCC(=O)O)Nc1ccccc1C(=O)O. The Morgan fingerprint density at radius 1 is 1.29 bits per heavy atom. The number of hydrogen-bond donors (Lipinski definition) is 3. The van der Waals surface area contributed by atoms with Gasteiger partial charge in [-0.2, -0.15) is 0 Å². The van der Waals surface area contributed by atoms with Crippen molar-refractivity contribution >= 4 is 17.6 Å². The third-order valence-corrected chi connectivity index (χ3v) is 2.35. The smallest absolute Gasteiger partial charge is 0.337 e. The highest BCUT2D eigenvalue weighted by Crippen LogP contribution is 2.17. The third-order valence-electron chi connectivity index (χ3n) is 2.35. The van der Waals surface area contributed by atoms with Crippen molar-refractivity contribution in [1.82, 2.24) is 0 Å². The van der Waals surface area contributed by atoms with Crippen molar-refractivity contribution in [3.05, 3.63) is 29.8 Å². The molecule has 0 fully saturated rings. The van der Waals surface area contributed by atoms with Gasteiger partial charge in [0.15, 0.2) is 0 Å². The molecule has 0 bridgehead atoms. The molecule has 1 unspecified atom stereocenters. The van der Waals surface area contributed by atoms with Crippen LogP contribution in [0.5, 0.6) is 0 Å². The van der Waals surface area contributed by atoms with Gasteiger partial charge in [-0.15, -0.1) is 0 Å². The molecule has 0 saturated heterocycles. The Labute approximate surface area is 99.1 Å². The average Bonchev–Trinajstić information content (AvgIpc) is 2.27. The Kier molecular flexibility index (Phi) is 4.51. The fourth-order valence-electron chi connectivity index (χ4n) is 1.47. The summed E-state index contributed by atoms with van der Waals surface area (Å²) < 4.78 is 0. The van der Waals surface area contributed by atoms with E-state index in [4.69, 9.17) is 10.2 Å².